The summed E-state index contributed by atoms with van der Waals surface area (Å²) in [5, 5.41) is 0. The number of anilines is 2. The SMILES string of the molecule is CC(C)c1ccc2c(c1)N(C(C)C)S(=O)(=O)N2. The van der Waals surface area contributed by atoms with E-state index in [0.717, 1.165) is 11.3 Å². The fraction of sp³-hybridized carbons (Fsp3) is 0.500. The number of nitrogens with zero attached hydrogens (tertiary/aromatic N) is 1. The van der Waals surface area contributed by atoms with E-state index in [-0.39, 0.29) is 6.04 Å². The van der Waals surface area contributed by atoms with E-state index in [1.54, 1.807) is 0 Å². The highest BCUT2D eigenvalue weighted by Gasteiger charge is 2.34. The molecular weight excluding hydrogens is 236 g/mol. The topological polar surface area (TPSA) is 49.4 Å². The van der Waals surface area contributed by atoms with E-state index in [2.05, 4.69) is 18.6 Å². The van der Waals surface area contributed by atoms with Crippen LogP contribution < -0.4 is 9.03 Å². The zero-order valence-corrected chi connectivity index (χ0v) is 11.4. The summed E-state index contributed by atoms with van der Waals surface area (Å²) in [5.41, 5.74) is 2.57. The van der Waals surface area contributed by atoms with E-state index in [0.29, 0.717) is 11.6 Å². The van der Waals surface area contributed by atoms with Gasteiger partial charge in [-0.05, 0) is 37.5 Å². The zero-order chi connectivity index (χ0) is 12.8. The van der Waals surface area contributed by atoms with Crippen molar-refractivity contribution in [2.24, 2.45) is 0 Å². The number of benzene rings is 1. The fourth-order valence-corrected chi connectivity index (χ4v) is 3.56. The predicted molar refractivity (Wildman–Crippen MR) is 70.7 cm³/mol. The van der Waals surface area contributed by atoms with Crippen molar-refractivity contribution in [3.63, 3.8) is 0 Å². The van der Waals surface area contributed by atoms with Gasteiger partial charge in [-0.15, -0.1) is 0 Å². The van der Waals surface area contributed by atoms with Crippen LogP contribution in [-0.2, 0) is 10.2 Å². The molecular formula is C12H18N2O2S. The smallest absolute Gasteiger partial charge is 0.264 e. The average molecular weight is 254 g/mol. The van der Waals surface area contributed by atoms with Crippen molar-refractivity contribution in [2.75, 3.05) is 9.03 Å². The van der Waals surface area contributed by atoms with Gasteiger partial charge in [0, 0.05) is 6.04 Å². The Labute approximate surface area is 103 Å². The van der Waals surface area contributed by atoms with Crippen molar-refractivity contribution in [3.05, 3.63) is 23.8 Å². The lowest BCUT2D eigenvalue weighted by Gasteiger charge is -2.21. The van der Waals surface area contributed by atoms with E-state index >= 15 is 0 Å². The van der Waals surface area contributed by atoms with Crippen molar-refractivity contribution < 1.29 is 8.42 Å². The zero-order valence-electron chi connectivity index (χ0n) is 10.6. The summed E-state index contributed by atoms with van der Waals surface area (Å²) in [7, 11) is -3.40. The molecule has 1 aliphatic rings. The second kappa shape index (κ2) is 3.91. The lowest BCUT2D eigenvalue weighted by Crippen LogP contribution is -2.35. The minimum atomic E-state index is -3.40. The van der Waals surface area contributed by atoms with E-state index in [1.807, 2.05) is 32.0 Å². The molecule has 0 amide bonds. The molecule has 1 N–H and O–H groups in total. The molecule has 4 nitrogen and oxygen atoms in total. The van der Waals surface area contributed by atoms with Gasteiger partial charge in [0.05, 0.1) is 11.4 Å². The first kappa shape index (κ1) is 12.2. The van der Waals surface area contributed by atoms with Crippen LogP contribution in [0.3, 0.4) is 0 Å². The normalized spacial score (nSPS) is 17.4. The summed E-state index contributed by atoms with van der Waals surface area (Å²) in [5.74, 6) is 0.387. The van der Waals surface area contributed by atoms with Crippen LogP contribution in [0.15, 0.2) is 18.2 Å². The van der Waals surface area contributed by atoms with Gasteiger partial charge in [-0.2, -0.15) is 8.42 Å². The standard InChI is InChI=1S/C12H18N2O2S/c1-8(2)10-5-6-11-12(7-10)14(9(3)4)17(15,16)13-11/h5-9,13H,1-4H3. The van der Waals surface area contributed by atoms with Crippen LogP contribution in [0.4, 0.5) is 11.4 Å². The lowest BCUT2D eigenvalue weighted by atomic mass is 10.0. The number of hydrogen-bond acceptors (Lipinski definition) is 2. The molecule has 0 radical (unpaired) electrons. The Bertz CT molecular complexity index is 535. The van der Waals surface area contributed by atoms with Crippen molar-refractivity contribution in [3.8, 4) is 0 Å². The number of nitrogens with one attached hydrogen (secondary N) is 1. The summed E-state index contributed by atoms with van der Waals surface area (Å²) in [4.78, 5) is 0. The van der Waals surface area contributed by atoms with Gasteiger partial charge in [-0.25, -0.2) is 4.31 Å². The summed E-state index contributed by atoms with van der Waals surface area (Å²) >= 11 is 0. The Hall–Kier alpha value is -1.23. The van der Waals surface area contributed by atoms with Crippen LogP contribution in [0.25, 0.3) is 0 Å². The quantitative estimate of drug-likeness (QED) is 0.882. The lowest BCUT2D eigenvalue weighted by molar-refractivity contribution is 0.592. The minimum absolute atomic E-state index is 0.0869. The van der Waals surface area contributed by atoms with Crippen molar-refractivity contribution in [1.82, 2.24) is 0 Å². The maximum absolute atomic E-state index is 12.0. The Balaban J connectivity index is 2.56. The third-order valence-corrected chi connectivity index (χ3v) is 4.51. The minimum Gasteiger partial charge on any atom is -0.264 e. The van der Waals surface area contributed by atoms with Crippen LogP contribution in [0, 0.1) is 0 Å². The molecule has 0 saturated carbocycles. The Morgan fingerprint density at radius 2 is 1.82 bits per heavy atom. The predicted octanol–water partition coefficient (Wildman–Crippen LogP) is 2.70. The highest BCUT2D eigenvalue weighted by Crippen LogP contribution is 2.38. The van der Waals surface area contributed by atoms with Gasteiger partial charge in [0.15, 0.2) is 0 Å². The summed E-state index contributed by atoms with van der Waals surface area (Å²) in [6.07, 6.45) is 0. The van der Waals surface area contributed by atoms with Crippen LogP contribution in [0.1, 0.15) is 39.2 Å². The van der Waals surface area contributed by atoms with Gasteiger partial charge in [0.25, 0.3) is 0 Å². The van der Waals surface area contributed by atoms with Crippen LogP contribution >= 0.6 is 0 Å². The van der Waals surface area contributed by atoms with Crippen LogP contribution in [-0.4, -0.2) is 14.5 Å². The molecule has 0 aliphatic carbocycles. The molecule has 1 aromatic rings. The number of hydrogen-bond donors (Lipinski definition) is 1. The van der Waals surface area contributed by atoms with Gasteiger partial charge in [-0.1, -0.05) is 19.9 Å². The maximum atomic E-state index is 12.0. The fourth-order valence-electron chi connectivity index (χ4n) is 2.05. The molecule has 1 aromatic carbocycles. The van der Waals surface area contributed by atoms with Gasteiger partial charge in [0.1, 0.15) is 0 Å². The van der Waals surface area contributed by atoms with Crippen molar-refractivity contribution in [2.45, 2.75) is 39.7 Å². The average Bonchev–Trinajstić information content (AvgIpc) is 2.45. The van der Waals surface area contributed by atoms with Crippen LogP contribution in [0.2, 0.25) is 0 Å². The monoisotopic (exact) mass is 254 g/mol. The summed E-state index contributed by atoms with van der Waals surface area (Å²) < 4.78 is 27.9. The van der Waals surface area contributed by atoms with E-state index in [4.69, 9.17) is 0 Å². The molecule has 0 saturated heterocycles. The molecule has 0 aromatic heterocycles. The molecule has 0 fully saturated rings. The molecule has 94 valence electrons. The first-order valence-electron chi connectivity index (χ1n) is 5.79. The third-order valence-electron chi connectivity index (χ3n) is 2.89. The molecule has 1 heterocycles. The molecule has 17 heavy (non-hydrogen) atoms. The molecule has 0 atom stereocenters. The van der Waals surface area contributed by atoms with Gasteiger partial charge < -0.3 is 0 Å². The molecule has 1 aliphatic heterocycles. The first-order valence-corrected chi connectivity index (χ1v) is 7.23. The molecule has 0 bridgehead atoms. The number of fused-ring (bicyclic) bond motifs is 1. The summed E-state index contributed by atoms with van der Waals surface area (Å²) in [6.45, 7) is 7.93. The van der Waals surface area contributed by atoms with Gasteiger partial charge in [-0.3, -0.25) is 4.72 Å². The molecule has 2 rings (SSSR count). The molecule has 0 spiro atoms. The second-order valence-corrected chi connectivity index (χ2v) is 6.48. The highest BCUT2D eigenvalue weighted by atomic mass is 32.2. The van der Waals surface area contributed by atoms with E-state index in [9.17, 15) is 8.42 Å². The van der Waals surface area contributed by atoms with E-state index < -0.39 is 10.2 Å². The Kier molecular flexibility index (Phi) is 2.81. The Morgan fingerprint density at radius 1 is 1.18 bits per heavy atom. The third kappa shape index (κ3) is 1.99. The maximum Gasteiger partial charge on any atom is 0.324 e. The Morgan fingerprint density at radius 3 is 2.35 bits per heavy atom. The van der Waals surface area contributed by atoms with Crippen LogP contribution in [0.5, 0.6) is 0 Å². The second-order valence-electron chi connectivity index (χ2n) is 4.93. The number of rotatable bonds is 2. The van der Waals surface area contributed by atoms with Gasteiger partial charge >= 0.3 is 10.2 Å². The van der Waals surface area contributed by atoms with Crippen molar-refractivity contribution >= 4 is 21.6 Å². The largest absolute Gasteiger partial charge is 0.324 e. The van der Waals surface area contributed by atoms with Gasteiger partial charge in [0.2, 0.25) is 0 Å². The van der Waals surface area contributed by atoms with Crippen molar-refractivity contribution in [1.29, 1.82) is 0 Å². The van der Waals surface area contributed by atoms with E-state index in [1.165, 1.54) is 4.31 Å². The first-order chi connectivity index (χ1) is 7.83. The summed E-state index contributed by atoms with van der Waals surface area (Å²) in [6, 6.07) is 5.68. The molecule has 5 heteroatoms. The highest BCUT2D eigenvalue weighted by molar-refractivity contribution is 7.94. The molecule has 0 unspecified atom stereocenters.